The average Bonchev–Trinajstić information content (AvgIpc) is 3.12. The first-order valence-electron chi connectivity index (χ1n) is 12.1. The minimum atomic E-state index is -0.335. The Kier molecular flexibility index (Phi) is 6.55. The number of likely N-dealkylation sites (tertiary alicyclic amines) is 2. The Morgan fingerprint density at radius 2 is 1.58 bits per heavy atom. The maximum absolute atomic E-state index is 13.0. The molecule has 4 rings (SSSR count). The molecule has 0 N–H and O–H groups in total. The van der Waals surface area contributed by atoms with Crippen molar-refractivity contribution in [2.45, 2.75) is 66.5 Å². The zero-order valence-corrected chi connectivity index (χ0v) is 20.0. The van der Waals surface area contributed by atoms with Gasteiger partial charge in [0.25, 0.3) is 0 Å². The van der Waals surface area contributed by atoms with Gasteiger partial charge in [0.2, 0.25) is 23.6 Å². The van der Waals surface area contributed by atoms with E-state index in [1.165, 1.54) is 15.4 Å². The molecule has 1 aromatic rings. The summed E-state index contributed by atoms with van der Waals surface area (Å²) < 4.78 is 0. The highest BCUT2D eigenvalue weighted by atomic mass is 16.2. The van der Waals surface area contributed by atoms with Crippen LogP contribution in [0.5, 0.6) is 0 Å². The van der Waals surface area contributed by atoms with E-state index in [1.807, 2.05) is 44.2 Å². The van der Waals surface area contributed by atoms with E-state index in [1.54, 1.807) is 0 Å². The second-order valence-electron chi connectivity index (χ2n) is 10.4. The van der Waals surface area contributed by atoms with Crippen LogP contribution in [0.25, 0.3) is 0 Å². The molecule has 1 aromatic carbocycles. The number of hydrogen-bond donors (Lipinski definition) is 0. The van der Waals surface area contributed by atoms with Gasteiger partial charge in [0.05, 0.1) is 24.9 Å². The Hall–Kier alpha value is -2.76. The van der Waals surface area contributed by atoms with Gasteiger partial charge < -0.3 is 0 Å². The summed E-state index contributed by atoms with van der Waals surface area (Å²) in [4.78, 5) is 54.3. The van der Waals surface area contributed by atoms with Crippen molar-refractivity contribution in [3.8, 4) is 0 Å². The monoisotopic (exact) mass is 450 g/mol. The van der Waals surface area contributed by atoms with Crippen LogP contribution in [0, 0.1) is 29.6 Å². The first-order valence-corrected chi connectivity index (χ1v) is 12.1. The van der Waals surface area contributed by atoms with Crippen molar-refractivity contribution in [2.75, 3.05) is 0 Å². The molecule has 3 aliphatic rings. The van der Waals surface area contributed by atoms with Gasteiger partial charge in [0, 0.05) is 11.8 Å². The standard InChI is InChI=1S/C27H34N2O4/c1-16(2)8-10-21-18(4)24(30)28(25(21)31)14-19-6-5-7-20(13-19)15-29-26(32)22-11-9-17(3)12-23(22)27(29)33/h5-7,12-13,16,18,21-23H,8-11,14-15H2,1-4H3. The van der Waals surface area contributed by atoms with E-state index < -0.39 is 0 Å². The number of carbonyl (C=O) groups excluding carboxylic acids is 4. The zero-order chi connectivity index (χ0) is 23.9. The lowest BCUT2D eigenvalue weighted by Gasteiger charge is -2.18. The van der Waals surface area contributed by atoms with Crippen LogP contribution in [0.1, 0.15) is 64.5 Å². The first kappa shape index (κ1) is 23.4. The van der Waals surface area contributed by atoms with Gasteiger partial charge in [-0.25, -0.2) is 0 Å². The number of carbonyl (C=O) groups is 4. The van der Waals surface area contributed by atoms with Crippen molar-refractivity contribution < 1.29 is 19.2 Å². The molecular weight excluding hydrogens is 416 g/mol. The van der Waals surface area contributed by atoms with Gasteiger partial charge in [-0.3, -0.25) is 29.0 Å². The molecule has 2 saturated heterocycles. The molecule has 4 amide bonds. The van der Waals surface area contributed by atoms with Crippen LogP contribution in [0.15, 0.2) is 35.9 Å². The van der Waals surface area contributed by atoms with Gasteiger partial charge in [-0.1, -0.05) is 63.1 Å². The third kappa shape index (κ3) is 4.53. The highest BCUT2D eigenvalue weighted by Crippen LogP contribution is 2.37. The quantitative estimate of drug-likeness (QED) is 0.463. The van der Waals surface area contributed by atoms with Gasteiger partial charge in [0.1, 0.15) is 0 Å². The van der Waals surface area contributed by atoms with Crippen molar-refractivity contribution >= 4 is 23.6 Å². The SMILES string of the molecule is CC1=CC2C(=O)N(Cc3cccc(CN4C(=O)C(C)C(CCC(C)C)C4=O)c3)C(=O)C2CC1. The van der Waals surface area contributed by atoms with Crippen LogP contribution >= 0.6 is 0 Å². The van der Waals surface area contributed by atoms with Gasteiger partial charge in [-0.05, 0) is 43.2 Å². The number of hydrogen-bond acceptors (Lipinski definition) is 4. The Morgan fingerprint density at radius 1 is 0.939 bits per heavy atom. The molecule has 4 unspecified atom stereocenters. The molecule has 2 aliphatic heterocycles. The minimum Gasteiger partial charge on any atom is -0.278 e. The summed E-state index contributed by atoms with van der Waals surface area (Å²) in [7, 11) is 0. The fourth-order valence-corrected chi connectivity index (χ4v) is 5.41. The van der Waals surface area contributed by atoms with E-state index >= 15 is 0 Å². The van der Waals surface area contributed by atoms with Crippen molar-refractivity contribution in [2.24, 2.45) is 29.6 Å². The van der Waals surface area contributed by atoms with Crippen LogP contribution in [-0.4, -0.2) is 33.4 Å². The largest absolute Gasteiger partial charge is 0.278 e. The van der Waals surface area contributed by atoms with E-state index in [4.69, 9.17) is 0 Å². The van der Waals surface area contributed by atoms with Crippen LogP contribution in [0.2, 0.25) is 0 Å². The molecule has 0 aromatic heterocycles. The van der Waals surface area contributed by atoms with Crippen molar-refractivity contribution in [1.29, 1.82) is 0 Å². The van der Waals surface area contributed by atoms with Crippen LogP contribution in [0.3, 0.4) is 0 Å². The highest BCUT2D eigenvalue weighted by Gasteiger charge is 2.47. The summed E-state index contributed by atoms with van der Waals surface area (Å²) >= 11 is 0. The topological polar surface area (TPSA) is 74.8 Å². The maximum Gasteiger partial charge on any atom is 0.237 e. The van der Waals surface area contributed by atoms with E-state index in [9.17, 15) is 19.2 Å². The molecule has 0 spiro atoms. The van der Waals surface area contributed by atoms with Crippen molar-refractivity contribution in [3.05, 3.63) is 47.0 Å². The van der Waals surface area contributed by atoms with Gasteiger partial charge in [-0.15, -0.1) is 0 Å². The van der Waals surface area contributed by atoms with Crippen LogP contribution in [0.4, 0.5) is 0 Å². The molecule has 0 radical (unpaired) electrons. The third-order valence-corrected chi connectivity index (χ3v) is 7.45. The Morgan fingerprint density at radius 3 is 2.21 bits per heavy atom. The van der Waals surface area contributed by atoms with E-state index in [0.717, 1.165) is 36.8 Å². The predicted octanol–water partition coefficient (Wildman–Crippen LogP) is 4.09. The number of allylic oxidation sites excluding steroid dienone is 1. The smallest absolute Gasteiger partial charge is 0.237 e. The van der Waals surface area contributed by atoms with Crippen molar-refractivity contribution in [1.82, 2.24) is 9.80 Å². The van der Waals surface area contributed by atoms with Gasteiger partial charge >= 0.3 is 0 Å². The predicted molar refractivity (Wildman–Crippen MR) is 124 cm³/mol. The number of fused-ring (bicyclic) bond motifs is 1. The molecule has 6 nitrogen and oxygen atoms in total. The lowest BCUT2D eigenvalue weighted by atomic mass is 9.83. The summed E-state index contributed by atoms with van der Waals surface area (Å²) in [5.41, 5.74) is 2.83. The molecule has 1 aliphatic carbocycles. The van der Waals surface area contributed by atoms with E-state index in [2.05, 4.69) is 13.8 Å². The lowest BCUT2D eigenvalue weighted by Crippen LogP contribution is -2.31. The number of benzene rings is 1. The fourth-order valence-electron chi connectivity index (χ4n) is 5.41. The van der Waals surface area contributed by atoms with Crippen LogP contribution < -0.4 is 0 Å². The fraction of sp³-hybridized carbons (Fsp3) is 0.556. The summed E-state index contributed by atoms with van der Waals surface area (Å²) in [6.07, 6.45) is 5.19. The first-order chi connectivity index (χ1) is 15.7. The lowest BCUT2D eigenvalue weighted by molar-refractivity contribution is -0.142. The number of rotatable bonds is 7. The maximum atomic E-state index is 13.0. The molecule has 0 bridgehead atoms. The Balaban J connectivity index is 1.46. The van der Waals surface area contributed by atoms with Crippen LogP contribution in [-0.2, 0) is 32.3 Å². The second-order valence-corrected chi connectivity index (χ2v) is 10.4. The number of nitrogens with zero attached hydrogens (tertiary/aromatic N) is 2. The summed E-state index contributed by atoms with van der Waals surface area (Å²) in [5, 5.41) is 0. The molecule has 176 valence electrons. The normalized spacial score (nSPS) is 27.6. The summed E-state index contributed by atoms with van der Waals surface area (Å²) in [6.45, 7) is 8.55. The van der Waals surface area contributed by atoms with Gasteiger partial charge in [0.15, 0.2) is 0 Å². The zero-order valence-electron chi connectivity index (χ0n) is 20.0. The molecule has 0 saturated carbocycles. The molecule has 33 heavy (non-hydrogen) atoms. The van der Waals surface area contributed by atoms with E-state index in [0.29, 0.717) is 5.92 Å². The Labute approximate surface area is 196 Å². The Bertz CT molecular complexity index is 1010. The molecule has 2 heterocycles. The molecular formula is C27H34N2O4. The molecule has 2 fully saturated rings. The number of imide groups is 2. The van der Waals surface area contributed by atoms with E-state index in [-0.39, 0.29) is 60.4 Å². The van der Waals surface area contributed by atoms with Crippen molar-refractivity contribution in [3.63, 3.8) is 0 Å². The molecule has 4 atom stereocenters. The number of amides is 4. The summed E-state index contributed by atoms with van der Waals surface area (Å²) in [5.74, 6) is -1.05. The molecule has 6 heteroatoms. The summed E-state index contributed by atoms with van der Waals surface area (Å²) in [6, 6.07) is 7.53. The van der Waals surface area contributed by atoms with Gasteiger partial charge in [-0.2, -0.15) is 0 Å². The second kappa shape index (κ2) is 9.24. The average molecular weight is 451 g/mol. The minimum absolute atomic E-state index is 0.0883. The highest BCUT2D eigenvalue weighted by molar-refractivity contribution is 6.06. The third-order valence-electron chi connectivity index (χ3n) is 7.45.